The predicted octanol–water partition coefficient (Wildman–Crippen LogP) is 2.24. The van der Waals surface area contributed by atoms with E-state index in [-0.39, 0.29) is 5.91 Å². The van der Waals surface area contributed by atoms with Gasteiger partial charge in [-0.05, 0) is 39.7 Å². The first-order valence-corrected chi connectivity index (χ1v) is 9.17. The van der Waals surface area contributed by atoms with E-state index in [9.17, 15) is 9.18 Å². The molecule has 0 aliphatic carbocycles. The highest BCUT2D eigenvalue weighted by Gasteiger charge is 2.10. The fraction of sp³-hybridized carbons (Fsp3) is 0.333. The molecule has 26 heavy (non-hydrogen) atoms. The Bertz CT molecular complexity index is 787. The number of rotatable bonds is 6. The van der Waals surface area contributed by atoms with E-state index in [1.165, 1.54) is 16.8 Å². The number of halogens is 2. The van der Waals surface area contributed by atoms with E-state index >= 15 is 0 Å². The molecule has 0 spiro atoms. The van der Waals surface area contributed by atoms with E-state index < -0.39 is 5.82 Å². The molecule has 0 saturated carbocycles. The number of hydrogen-bond donors (Lipinski definition) is 1. The summed E-state index contributed by atoms with van der Waals surface area (Å²) >= 11 is 3.28. The molecule has 1 aromatic heterocycles. The van der Waals surface area contributed by atoms with Gasteiger partial charge < -0.3 is 10.1 Å². The summed E-state index contributed by atoms with van der Waals surface area (Å²) in [4.78, 5) is 14.1. The lowest BCUT2D eigenvalue weighted by atomic mass is 10.2. The van der Waals surface area contributed by atoms with Crippen molar-refractivity contribution < 1.29 is 13.9 Å². The van der Waals surface area contributed by atoms with E-state index in [1.807, 2.05) is 0 Å². The Morgan fingerprint density at radius 3 is 2.88 bits per heavy atom. The molecular weight excluding hydrogens is 403 g/mol. The van der Waals surface area contributed by atoms with Crippen LogP contribution in [0.2, 0.25) is 0 Å². The van der Waals surface area contributed by atoms with E-state index in [1.54, 1.807) is 30.6 Å². The first kappa shape index (κ1) is 18.8. The van der Waals surface area contributed by atoms with Crippen LogP contribution >= 0.6 is 15.9 Å². The van der Waals surface area contributed by atoms with Gasteiger partial charge in [0.2, 0.25) is 5.91 Å². The van der Waals surface area contributed by atoms with Gasteiger partial charge >= 0.3 is 0 Å². The normalized spacial score (nSPS) is 15.5. The summed E-state index contributed by atoms with van der Waals surface area (Å²) in [5.74, 6) is -0.603. The van der Waals surface area contributed by atoms with Crippen molar-refractivity contribution in [2.24, 2.45) is 0 Å². The molecule has 1 aliphatic heterocycles. The minimum absolute atomic E-state index is 0.196. The zero-order chi connectivity index (χ0) is 18.4. The van der Waals surface area contributed by atoms with Gasteiger partial charge in [0.1, 0.15) is 11.5 Å². The van der Waals surface area contributed by atoms with Gasteiger partial charge in [-0.2, -0.15) is 5.10 Å². The monoisotopic (exact) mass is 422 g/mol. The SMILES string of the molecule is O=C(/C=C/c1ccc(-n2cc(Br)cn2)c(F)c1)NCCN1CCOCC1. The molecule has 1 N–H and O–H groups in total. The van der Waals surface area contributed by atoms with E-state index in [0.29, 0.717) is 17.8 Å². The Morgan fingerprint density at radius 2 is 2.19 bits per heavy atom. The molecule has 0 radical (unpaired) electrons. The predicted molar refractivity (Wildman–Crippen MR) is 101 cm³/mol. The Morgan fingerprint density at radius 1 is 1.38 bits per heavy atom. The van der Waals surface area contributed by atoms with Crippen molar-refractivity contribution in [1.82, 2.24) is 20.0 Å². The second kappa shape index (κ2) is 9.07. The summed E-state index contributed by atoms with van der Waals surface area (Å²) in [7, 11) is 0. The zero-order valence-electron chi connectivity index (χ0n) is 14.2. The number of nitrogens with one attached hydrogen (secondary N) is 1. The third kappa shape index (κ3) is 5.23. The Kier molecular flexibility index (Phi) is 6.54. The lowest BCUT2D eigenvalue weighted by molar-refractivity contribution is -0.116. The number of benzene rings is 1. The number of hydrogen-bond acceptors (Lipinski definition) is 4. The first-order valence-electron chi connectivity index (χ1n) is 8.38. The van der Waals surface area contributed by atoms with Gasteiger partial charge in [0, 0.05) is 38.5 Å². The van der Waals surface area contributed by atoms with Gasteiger partial charge in [0.25, 0.3) is 0 Å². The number of aromatic nitrogens is 2. The Hall–Kier alpha value is -2.03. The highest BCUT2D eigenvalue weighted by Crippen LogP contribution is 2.17. The van der Waals surface area contributed by atoms with E-state index in [2.05, 4.69) is 31.2 Å². The average molecular weight is 423 g/mol. The summed E-state index contributed by atoms with van der Waals surface area (Å²) in [6.45, 7) is 4.64. The molecule has 2 aromatic rings. The molecular formula is C18H20BrFN4O2. The Balaban J connectivity index is 1.51. The minimum atomic E-state index is -0.407. The molecule has 8 heteroatoms. The van der Waals surface area contributed by atoms with Gasteiger partial charge in [0.15, 0.2) is 0 Å². The summed E-state index contributed by atoms with van der Waals surface area (Å²) < 4.78 is 21.8. The van der Waals surface area contributed by atoms with Crippen LogP contribution in [0.5, 0.6) is 0 Å². The first-order chi connectivity index (χ1) is 12.6. The van der Waals surface area contributed by atoms with Gasteiger partial charge in [0.05, 0.1) is 23.9 Å². The second-order valence-electron chi connectivity index (χ2n) is 5.89. The number of amides is 1. The van der Waals surface area contributed by atoms with E-state index in [4.69, 9.17) is 4.74 Å². The number of ether oxygens (including phenoxy) is 1. The molecule has 1 fully saturated rings. The number of morpholine rings is 1. The minimum Gasteiger partial charge on any atom is -0.379 e. The highest BCUT2D eigenvalue weighted by molar-refractivity contribution is 9.10. The van der Waals surface area contributed by atoms with E-state index in [0.717, 1.165) is 37.3 Å². The van der Waals surface area contributed by atoms with Crippen molar-refractivity contribution in [3.05, 3.63) is 52.5 Å². The molecule has 1 saturated heterocycles. The maximum atomic E-state index is 14.3. The molecule has 1 aliphatic rings. The van der Waals surface area contributed by atoms with Crippen molar-refractivity contribution in [3.8, 4) is 5.69 Å². The molecule has 2 heterocycles. The van der Waals surface area contributed by atoms with Crippen molar-refractivity contribution in [3.63, 3.8) is 0 Å². The molecule has 1 amide bonds. The maximum Gasteiger partial charge on any atom is 0.244 e. The van der Waals surface area contributed by atoms with Crippen LogP contribution < -0.4 is 5.32 Å². The third-order valence-corrected chi connectivity index (χ3v) is 4.44. The lowest BCUT2D eigenvalue weighted by Crippen LogP contribution is -2.41. The highest BCUT2D eigenvalue weighted by atomic mass is 79.9. The summed E-state index contributed by atoms with van der Waals surface area (Å²) in [5.41, 5.74) is 0.962. The standard InChI is InChI=1S/C18H20BrFN4O2/c19-15-12-22-24(13-15)17-3-1-14(11-16(17)20)2-4-18(25)21-5-6-23-7-9-26-10-8-23/h1-4,11-13H,5-10H2,(H,21,25)/b4-2+. The Labute approximate surface area is 159 Å². The topological polar surface area (TPSA) is 59.4 Å². The summed E-state index contributed by atoms with van der Waals surface area (Å²) in [6.07, 6.45) is 6.28. The molecule has 0 bridgehead atoms. The van der Waals surface area contributed by atoms with Gasteiger partial charge in [-0.3, -0.25) is 9.69 Å². The van der Waals surface area contributed by atoms with Crippen LogP contribution in [0.25, 0.3) is 11.8 Å². The lowest BCUT2D eigenvalue weighted by Gasteiger charge is -2.26. The fourth-order valence-corrected chi connectivity index (χ4v) is 2.92. The fourth-order valence-electron chi connectivity index (χ4n) is 2.64. The largest absolute Gasteiger partial charge is 0.379 e. The smallest absolute Gasteiger partial charge is 0.244 e. The number of nitrogens with zero attached hydrogens (tertiary/aromatic N) is 3. The van der Waals surface area contributed by atoms with Crippen LogP contribution in [0.4, 0.5) is 4.39 Å². The summed E-state index contributed by atoms with van der Waals surface area (Å²) in [5, 5.41) is 6.89. The zero-order valence-corrected chi connectivity index (χ0v) is 15.8. The molecule has 0 unspecified atom stereocenters. The van der Waals surface area contributed by atoms with Crippen molar-refractivity contribution in [1.29, 1.82) is 0 Å². The number of carbonyl (C=O) groups is 1. The van der Waals surface area contributed by atoms with Crippen LogP contribution in [0.1, 0.15) is 5.56 Å². The van der Waals surface area contributed by atoms with Crippen LogP contribution in [0, 0.1) is 5.82 Å². The van der Waals surface area contributed by atoms with Crippen LogP contribution in [0.15, 0.2) is 41.1 Å². The van der Waals surface area contributed by atoms with Gasteiger partial charge in [-0.1, -0.05) is 6.07 Å². The van der Waals surface area contributed by atoms with Crippen LogP contribution in [0.3, 0.4) is 0 Å². The van der Waals surface area contributed by atoms with Gasteiger partial charge in [-0.15, -0.1) is 0 Å². The number of carbonyl (C=O) groups excluding carboxylic acids is 1. The van der Waals surface area contributed by atoms with Crippen LogP contribution in [-0.2, 0) is 9.53 Å². The second-order valence-corrected chi connectivity index (χ2v) is 6.81. The van der Waals surface area contributed by atoms with Crippen LogP contribution in [-0.4, -0.2) is 60.0 Å². The third-order valence-electron chi connectivity index (χ3n) is 4.03. The molecule has 1 aromatic carbocycles. The van der Waals surface area contributed by atoms with Crippen molar-refractivity contribution in [2.45, 2.75) is 0 Å². The maximum absolute atomic E-state index is 14.3. The molecule has 0 atom stereocenters. The molecule has 3 rings (SSSR count). The molecule has 6 nitrogen and oxygen atoms in total. The van der Waals surface area contributed by atoms with Crippen molar-refractivity contribution in [2.75, 3.05) is 39.4 Å². The van der Waals surface area contributed by atoms with Gasteiger partial charge in [-0.25, -0.2) is 9.07 Å². The average Bonchev–Trinajstić information content (AvgIpc) is 3.07. The van der Waals surface area contributed by atoms with Crippen molar-refractivity contribution >= 4 is 27.9 Å². The quantitative estimate of drug-likeness (QED) is 0.725. The summed E-state index contributed by atoms with van der Waals surface area (Å²) in [6, 6.07) is 4.75. The molecule has 138 valence electrons.